The number of unbranched alkanes of at least 4 members (excludes halogenated alkanes) is 1. The van der Waals surface area contributed by atoms with Gasteiger partial charge >= 0.3 is 0 Å². The maximum absolute atomic E-state index is 8.60. The average molecular weight is 194 g/mol. The monoisotopic (exact) mass is 194 g/mol. The second kappa shape index (κ2) is 8.76. The Labute approximate surface area is 87.8 Å². The Morgan fingerprint density at radius 2 is 1.86 bits per heavy atom. The molecular formula is C13H22O. The highest BCUT2D eigenvalue weighted by atomic mass is 16.2. The van der Waals surface area contributed by atoms with Crippen LogP contribution in [0.15, 0.2) is 24.3 Å². The summed E-state index contributed by atoms with van der Waals surface area (Å²) >= 11 is 0. The van der Waals surface area contributed by atoms with E-state index in [0.29, 0.717) is 6.61 Å². The van der Waals surface area contributed by atoms with Gasteiger partial charge in [0.05, 0.1) is 0 Å². The van der Waals surface area contributed by atoms with Gasteiger partial charge in [0.15, 0.2) is 0 Å². The third-order valence-corrected chi connectivity index (χ3v) is 1.96. The summed E-state index contributed by atoms with van der Waals surface area (Å²) in [5.41, 5.74) is 2.69. The summed E-state index contributed by atoms with van der Waals surface area (Å²) in [7, 11) is 0. The van der Waals surface area contributed by atoms with Crippen LogP contribution in [0.2, 0.25) is 0 Å². The molecule has 1 aromatic carbocycles. The van der Waals surface area contributed by atoms with Crippen molar-refractivity contribution in [3.05, 3.63) is 35.4 Å². The average Bonchev–Trinajstić information content (AvgIpc) is 2.21. The largest absolute Gasteiger partial charge is 0.396 e. The molecule has 14 heavy (non-hydrogen) atoms. The lowest BCUT2D eigenvalue weighted by Crippen LogP contribution is -1.88. The van der Waals surface area contributed by atoms with Gasteiger partial charge in [-0.15, -0.1) is 0 Å². The quantitative estimate of drug-likeness (QED) is 0.729. The molecule has 0 atom stereocenters. The van der Waals surface area contributed by atoms with Crippen molar-refractivity contribution in [2.75, 3.05) is 6.61 Å². The van der Waals surface area contributed by atoms with Crippen molar-refractivity contribution in [3.8, 4) is 0 Å². The third-order valence-electron chi connectivity index (χ3n) is 1.96. The molecule has 1 rings (SSSR count). The molecule has 0 radical (unpaired) electrons. The van der Waals surface area contributed by atoms with E-state index in [-0.39, 0.29) is 0 Å². The van der Waals surface area contributed by atoms with Crippen LogP contribution in [0, 0.1) is 6.92 Å². The van der Waals surface area contributed by atoms with E-state index in [9.17, 15) is 0 Å². The second-order valence-electron chi connectivity index (χ2n) is 3.17. The van der Waals surface area contributed by atoms with Gasteiger partial charge in [-0.05, 0) is 31.7 Å². The summed E-state index contributed by atoms with van der Waals surface area (Å²) < 4.78 is 0. The van der Waals surface area contributed by atoms with Gasteiger partial charge in [-0.2, -0.15) is 0 Å². The van der Waals surface area contributed by atoms with Crippen LogP contribution in [0.4, 0.5) is 0 Å². The molecule has 0 aliphatic rings. The van der Waals surface area contributed by atoms with E-state index in [1.165, 1.54) is 11.1 Å². The summed E-state index contributed by atoms with van der Waals surface area (Å²) in [6, 6.07) is 8.54. The van der Waals surface area contributed by atoms with E-state index in [1.54, 1.807) is 0 Å². The fourth-order valence-corrected chi connectivity index (χ4v) is 1.31. The van der Waals surface area contributed by atoms with Crippen molar-refractivity contribution in [1.82, 2.24) is 0 Å². The van der Waals surface area contributed by atoms with E-state index in [4.69, 9.17) is 5.11 Å². The fraction of sp³-hybridized carbons (Fsp3) is 0.538. The van der Waals surface area contributed by atoms with Gasteiger partial charge in [0, 0.05) is 6.61 Å². The molecule has 1 N–H and O–H groups in total. The van der Waals surface area contributed by atoms with Gasteiger partial charge < -0.3 is 5.11 Å². The van der Waals surface area contributed by atoms with Gasteiger partial charge in [-0.25, -0.2) is 0 Å². The van der Waals surface area contributed by atoms with Crippen molar-refractivity contribution < 1.29 is 5.11 Å². The smallest absolute Gasteiger partial charge is 0.0431 e. The van der Waals surface area contributed by atoms with Crippen LogP contribution in [-0.4, -0.2) is 11.7 Å². The highest BCUT2D eigenvalue weighted by Crippen LogP contribution is 2.07. The van der Waals surface area contributed by atoms with Gasteiger partial charge in [0.2, 0.25) is 0 Å². The first-order chi connectivity index (χ1) is 6.83. The zero-order valence-corrected chi connectivity index (χ0v) is 9.59. The van der Waals surface area contributed by atoms with Gasteiger partial charge in [-0.3, -0.25) is 0 Å². The summed E-state index contributed by atoms with van der Waals surface area (Å²) in [5, 5.41) is 8.60. The summed E-state index contributed by atoms with van der Waals surface area (Å²) in [6.07, 6.45) is 3.08. The maximum atomic E-state index is 8.60. The molecule has 1 nitrogen and oxygen atoms in total. The zero-order valence-electron chi connectivity index (χ0n) is 9.59. The number of benzene rings is 1. The molecule has 0 aromatic heterocycles. The Morgan fingerprint density at radius 3 is 2.43 bits per heavy atom. The molecule has 0 spiro atoms. The van der Waals surface area contributed by atoms with Crippen LogP contribution in [-0.2, 0) is 6.42 Å². The van der Waals surface area contributed by atoms with E-state index in [1.807, 2.05) is 13.8 Å². The Balaban J connectivity index is 0.000000791. The lowest BCUT2D eigenvalue weighted by Gasteiger charge is -2.00. The normalized spacial score (nSPS) is 9.14. The third kappa shape index (κ3) is 5.76. The fourth-order valence-electron chi connectivity index (χ4n) is 1.31. The highest BCUT2D eigenvalue weighted by Gasteiger charge is 1.92. The summed E-state index contributed by atoms with van der Waals surface area (Å²) in [6.45, 7) is 6.42. The van der Waals surface area contributed by atoms with Crippen molar-refractivity contribution in [2.45, 2.75) is 40.0 Å². The van der Waals surface area contributed by atoms with E-state index >= 15 is 0 Å². The molecule has 0 aliphatic heterocycles. The number of hydrogen-bond acceptors (Lipinski definition) is 1. The van der Waals surface area contributed by atoms with E-state index < -0.39 is 0 Å². The van der Waals surface area contributed by atoms with Crippen LogP contribution in [0.25, 0.3) is 0 Å². The maximum Gasteiger partial charge on any atom is 0.0431 e. The van der Waals surface area contributed by atoms with Crippen LogP contribution < -0.4 is 0 Å². The topological polar surface area (TPSA) is 20.2 Å². The Bertz CT molecular complexity index is 230. The lowest BCUT2D eigenvalue weighted by molar-refractivity contribution is 0.284. The zero-order chi connectivity index (χ0) is 10.8. The van der Waals surface area contributed by atoms with Crippen molar-refractivity contribution in [1.29, 1.82) is 0 Å². The van der Waals surface area contributed by atoms with Crippen molar-refractivity contribution in [2.24, 2.45) is 0 Å². The number of aliphatic hydroxyl groups is 1. The molecule has 0 aliphatic carbocycles. The minimum atomic E-state index is 0.311. The number of hydrogen-bond donors (Lipinski definition) is 1. The molecule has 1 aromatic rings. The molecule has 80 valence electrons. The van der Waals surface area contributed by atoms with Crippen LogP contribution >= 0.6 is 0 Å². The molecule has 0 saturated carbocycles. The highest BCUT2D eigenvalue weighted by molar-refractivity contribution is 5.22. The predicted molar refractivity (Wildman–Crippen MR) is 62.6 cm³/mol. The van der Waals surface area contributed by atoms with Gasteiger partial charge in [-0.1, -0.05) is 43.7 Å². The Morgan fingerprint density at radius 1 is 1.14 bits per heavy atom. The first kappa shape index (κ1) is 13.2. The predicted octanol–water partition coefficient (Wildman–Crippen LogP) is 3.34. The molecule has 0 amide bonds. The molecule has 0 unspecified atom stereocenters. The van der Waals surface area contributed by atoms with E-state index in [2.05, 4.69) is 31.2 Å². The first-order valence-electron chi connectivity index (χ1n) is 5.49. The number of rotatable bonds is 4. The van der Waals surface area contributed by atoms with Crippen LogP contribution in [0.5, 0.6) is 0 Å². The molecule has 0 bridgehead atoms. The first-order valence-corrected chi connectivity index (χ1v) is 5.49. The molecule has 1 heteroatoms. The SMILES string of the molecule is CC.Cc1cccc(CCCCO)c1. The van der Waals surface area contributed by atoms with E-state index in [0.717, 1.165) is 19.3 Å². The second-order valence-corrected chi connectivity index (χ2v) is 3.17. The number of aliphatic hydroxyl groups excluding tert-OH is 1. The lowest BCUT2D eigenvalue weighted by atomic mass is 10.1. The molecular weight excluding hydrogens is 172 g/mol. The Hall–Kier alpha value is -0.820. The van der Waals surface area contributed by atoms with Crippen LogP contribution in [0.3, 0.4) is 0 Å². The van der Waals surface area contributed by atoms with Crippen LogP contribution in [0.1, 0.15) is 37.8 Å². The standard InChI is InChI=1S/C11H16O.C2H6/c1-10-5-4-7-11(9-10)6-2-3-8-12;1-2/h4-5,7,9,12H,2-3,6,8H2,1H3;1-2H3. The minimum absolute atomic E-state index is 0.311. The molecule has 0 saturated heterocycles. The van der Waals surface area contributed by atoms with Gasteiger partial charge in [0.1, 0.15) is 0 Å². The summed E-state index contributed by atoms with van der Waals surface area (Å²) in [5.74, 6) is 0. The molecule has 0 heterocycles. The minimum Gasteiger partial charge on any atom is -0.396 e. The number of aryl methyl sites for hydroxylation is 2. The van der Waals surface area contributed by atoms with Gasteiger partial charge in [0.25, 0.3) is 0 Å². The van der Waals surface area contributed by atoms with Crippen molar-refractivity contribution in [3.63, 3.8) is 0 Å². The van der Waals surface area contributed by atoms with Crippen molar-refractivity contribution >= 4 is 0 Å². The molecule has 0 fully saturated rings. The Kier molecular flexibility index (Phi) is 8.25. The summed E-state index contributed by atoms with van der Waals surface area (Å²) in [4.78, 5) is 0.